The zero-order valence-corrected chi connectivity index (χ0v) is 8.09. The van der Waals surface area contributed by atoms with Crippen molar-refractivity contribution in [3.8, 4) is 0 Å². The van der Waals surface area contributed by atoms with Crippen molar-refractivity contribution in [3.63, 3.8) is 0 Å². The average molecular weight is 168 g/mol. The van der Waals surface area contributed by atoms with Gasteiger partial charge in [0, 0.05) is 17.8 Å². The van der Waals surface area contributed by atoms with E-state index in [1.54, 1.807) is 10.9 Å². The molecule has 0 amide bonds. The fourth-order valence-corrected chi connectivity index (χ4v) is 1.20. The lowest BCUT2D eigenvalue weighted by atomic mass is 10.1. The van der Waals surface area contributed by atoms with E-state index in [2.05, 4.69) is 5.10 Å². The Morgan fingerprint density at radius 2 is 1.92 bits per heavy atom. The van der Waals surface area contributed by atoms with Crippen molar-refractivity contribution in [2.24, 2.45) is 0 Å². The van der Waals surface area contributed by atoms with Crippen LogP contribution in [0.1, 0.15) is 45.2 Å². The van der Waals surface area contributed by atoms with Crippen LogP contribution in [-0.2, 0) is 0 Å². The first kappa shape index (κ1) is 9.10. The minimum Gasteiger partial charge on any atom is -0.302 e. The van der Waals surface area contributed by atoms with Crippen molar-refractivity contribution in [1.29, 1.82) is 0 Å². The Kier molecular flexibility index (Phi) is 2.40. The van der Waals surface area contributed by atoms with Crippen LogP contribution in [0, 0.1) is 0 Å². The lowest BCUT2D eigenvalue weighted by Gasteiger charge is -2.03. The maximum Gasteiger partial charge on any atom is 0.270 e. The fourth-order valence-electron chi connectivity index (χ4n) is 1.20. The molecule has 0 aliphatic heterocycles. The van der Waals surface area contributed by atoms with Gasteiger partial charge in [-0.15, -0.1) is 0 Å². The Balaban J connectivity index is 3.14. The molecule has 68 valence electrons. The topological polar surface area (TPSA) is 37.8 Å². The van der Waals surface area contributed by atoms with Crippen molar-refractivity contribution < 1.29 is 0 Å². The standard InChI is InChI=1S/C9H16N2O/c1-6(2)8-5-10-11(7(3)4)9(8)12/h5-7,10H,1-4H3. The molecule has 0 spiro atoms. The Bertz CT molecular complexity index is 278. The van der Waals surface area contributed by atoms with E-state index in [4.69, 9.17) is 0 Å². The molecule has 0 saturated carbocycles. The van der Waals surface area contributed by atoms with Crippen LogP contribution in [-0.4, -0.2) is 9.78 Å². The van der Waals surface area contributed by atoms with Gasteiger partial charge in [-0.25, -0.2) is 0 Å². The summed E-state index contributed by atoms with van der Waals surface area (Å²) < 4.78 is 1.65. The van der Waals surface area contributed by atoms with Gasteiger partial charge in [0.05, 0.1) is 0 Å². The molecule has 12 heavy (non-hydrogen) atoms. The molecule has 1 N–H and O–H groups in total. The minimum atomic E-state index is 0.111. The molecule has 1 heterocycles. The second kappa shape index (κ2) is 3.17. The molecular formula is C9H16N2O. The first-order chi connectivity index (χ1) is 5.54. The van der Waals surface area contributed by atoms with Crippen LogP contribution >= 0.6 is 0 Å². The predicted molar refractivity (Wildman–Crippen MR) is 49.5 cm³/mol. The molecule has 3 nitrogen and oxygen atoms in total. The third-order valence-electron chi connectivity index (χ3n) is 1.96. The molecule has 0 aliphatic carbocycles. The summed E-state index contributed by atoms with van der Waals surface area (Å²) in [6.07, 6.45) is 1.80. The van der Waals surface area contributed by atoms with Crippen molar-refractivity contribution in [3.05, 3.63) is 22.1 Å². The molecule has 0 bridgehead atoms. The highest BCUT2D eigenvalue weighted by molar-refractivity contribution is 5.09. The summed E-state index contributed by atoms with van der Waals surface area (Å²) in [5.41, 5.74) is 0.976. The zero-order valence-electron chi connectivity index (χ0n) is 8.09. The van der Waals surface area contributed by atoms with Crippen LogP contribution in [0.25, 0.3) is 0 Å². The summed E-state index contributed by atoms with van der Waals surface area (Å²) in [7, 11) is 0. The van der Waals surface area contributed by atoms with Crippen LogP contribution < -0.4 is 5.56 Å². The van der Waals surface area contributed by atoms with Gasteiger partial charge in [-0.05, 0) is 19.8 Å². The molecule has 0 atom stereocenters. The monoisotopic (exact) mass is 168 g/mol. The Hall–Kier alpha value is -0.990. The average Bonchev–Trinajstić information content (AvgIpc) is 2.30. The Morgan fingerprint density at radius 3 is 2.17 bits per heavy atom. The van der Waals surface area contributed by atoms with Crippen LogP contribution in [0.2, 0.25) is 0 Å². The largest absolute Gasteiger partial charge is 0.302 e. The predicted octanol–water partition coefficient (Wildman–Crippen LogP) is 1.88. The number of H-pyrrole nitrogens is 1. The number of nitrogens with one attached hydrogen (secondary N) is 1. The van der Waals surface area contributed by atoms with E-state index < -0.39 is 0 Å². The molecule has 1 aromatic heterocycles. The highest BCUT2D eigenvalue weighted by atomic mass is 16.1. The van der Waals surface area contributed by atoms with Gasteiger partial charge in [-0.2, -0.15) is 0 Å². The fraction of sp³-hybridized carbons (Fsp3) is 0.667. The summed E-state index contributed by atoms with van der Waals surface area (Å²) in [5.74, 6) is 0.300. The summed E-state index contributed by atoms with van der Waals surface area (Å²) in [4.78, 5) is 11.6. The van der Waals surface area contributed by atoms with Gasteiger partial charge < -0.3 is 5.10 Å². The van der Waals surface area contributed by atoms with E-state index in [1.165, 1.54) is 0 Å². The third kappa shape index (κ3) is 1.44. The van der Waals surface area contributed by atoms with Gasteiger partial charge >= 0.3 is 0 Å². The molecule has 0 unspecified atom stereocenters. The summed E-state index contributed by atoms with van der Waals surface area (Å²) in [5, 5.41) is 2.96. The van der Waals surface area contributed by atoms with Gasteiger partial charge in [0.15, 0.2) is 0 Å². The van der Waals surface area contributed by atoms with E-state index in [0.717, 1.165) is 5.56 Å². The SMILES string of the molecule is CC(C)c1c[nH]n(C(C)C)c1=O. The van der Waals surface area contributed by atoms with Crippen LogP contribution in [0.4, 0.5) is 0 Å². The summed E-state index contributed by atoms with van der Waals surface area (Å²) >= 11 is 0. The maximum atomic E-state index is 11.6. The first-order valence-electron chi connectivity index (χ1n) is 4.33. The van der Waals surface area contributed by atoms with Gasteiger partial charge in [-0.3, -0.25) is 9.48 Å². The maximum absolute atomic E-state index is 11.6. The third-order valence-corrected chi connectivity index (χ3v) is 1.96. The van der Waals surface area contributed by atoms with Gasteiger partial charge in [0.25, 0.3) is 5.56 Å². The molecule has 1 rings (SSSR count). The summed E-state index contributed by atoms with van der Waals surface area (Å²) in [6, 6.07) is 0.213. The number of aromatic nitrogens is 2. The van der Waals surface area contributed by atoms with Crippen molar-refractivity contribution in [2.75, 3.05) is 0 Å². The van der Waals surface area contributed by atoms with Crippen LogP contribution in [0.15, 0.2) is 11.0 Å². The Labute approximate surface area is 72.4 Å². The normalized spacial score (nSPS) is 11.5. The highest BCUT2D eigenvalue weighted by Gasteiger charge is 2.10. The molecule has 0 saturated heterocycles. The molecule has 0 radical (unpaired) electrons. The van der Waals surface area contributed by atoms with E-state index in [9.17, 15) is 4.79 Å². The van der Waals surface area contributed by atoms with E-state index in [1.807, 2.05) is 27.7 Å². The number of hydrogen-bond donors (Lipinski definition) is 1. The number of nitrogens with zero attached hydrogens (tertiary/aromatic N) is 1. The molecule has 3 heteroatoms. The molecule has 0 aromatic carbocycles. The zero-order chi connectivity index (χ0) is 9.30. The molecular weight excluding hydrogens is 152 g/mol. The van der Waals surface area contributed by atoms with E-state index >= 15 is 0 Å². The van der Waals surface area contributed by atoms with Crippen molar-refractivity contribution in [1.82, 2.24) is 9.78 Å². The van der Waals surface area contributed by atoms with Gasteiger partial charge in [0.2, 0.25) is 0 Å². The molecule has 1 aromatic rings. The quantitative estimate of drug-likeness (QED) is 0.719. The lowest BCUT2D eigenvalue weighted by Crippen LogP contribution is -2.21. The summed E-state index contributed by atoms with van der Waals surface area (Å²) in [6.45, 7) is 8.02. The van der Waals surface area contributed by atoms with Gasteiger partial charge in [0.1, 0.15) is 0 Å². The van der Waals surface area contributed by atoms with E-state index in [-0.39, 0.29) is 11.6 Å². The van der Waals surface area contributed by atoms with Crippen LogP contribution in [0.5, 0.6) is 0 Å². The van der Waals surface area contributed by atoms with Gasteiger partial charge in [-0.1, -0.05) is 13.8 Å². The second-order valence-electron chi connectivity index (χ2n) is 3.65. The molecule has 0 aliphatic rings. The smallest absolute Gasteiger partial charge is 0.270 e. The highest BCUT2D eigenvalue weighted by Crippen LogP contribution is 2.09. The minimum absolute atomic E-state index is 0.111. The lowest BCUT2D eigenvalue weighted by molar-refractivity contribution is 0.515. The van der Waals surface area contributed by atoms with E-state index in [0.29, 0.717) is 5.92 Å². The second-order valence-corrected chi connectivity index (χ2v) is 3.65. The first-order valence-corrected chi connectivity index (χ1v) is 4.33. The van der Waals surface area contributed by atoms with Crippen LogP contribution in [0.3, 0.4) is 0 Å². The number of rotatable bonds is 2. The number of aromatic amines is 1. The van der Waals surface area contributed by atoms with Crippen molar-refractivity contribution >= 4 is 0 Å². The number of hydrogen-bond acceptors (Lipinski definition) is 1. The molecule has 0 fully saturated rings. The Morgan fingerprint density at radius 1 is 1.33 bits per heavy atom. The van der Waals surface area contributed by atoms with Crippen molar-refractivity contribution in [2.45, 2.75) is 39.7 Å².